The lowest BCUT2D eigenvalue weighted by Crippen LogP contribution is -2.11. The molecular formula is C12H13N3S. The predicted octanol–water partition coefficient (Wildman–Crippen LogP) is 2.67. The Labute approximate surface area is 98.4 Å². The van der Waals surface area contributed by atoms with E-state index in [2.05, 4.69) is 15.3 Å². The molecule has 0 spiro atoms. The number of fused-ring (bicyclic) bond motifs is 1. The topological polar surface area (TPSA) is 51.8 Å². The van der Waals surface area contributed by atoms with E-state index in [9.17, 15) is 0 Å². The highest BCUT2D eigenvalue weighted by Crippen LogP contribution is 2.27. The lowest BCUT2D eigenvalue weighted by atomic mass is 9.96. The van der Waals surface area contributed by atoms with Crippen molar-refractivity contribution in [2.75, 3.05) is 5.73 Å². The van der Waals surface area contributed by atoms with Crippen molar-refractivity contribution in [3.63, 3.8) is 0 Å². The summed E-state index contributed by atoms with van der Waals surface area (Å²) in [4.78, 5) is 9.03. The maximum Gasteiger partial charge on any atom is 0.162 e. The van der Waals surface area contributed by atoms with E-state index in [-0.39, 0.29) is 0 Å². The van der Waals surface area contributed by atoms with Gasteiger partial charge in [0.15, 0.2) is 5.82 Å². The van der Waals surface area contributed by atoms with Crippen LogP contribution in [0.25, 0.3) is 11.4 Å². The van der Waals surface area contributed by atoms with Crippen molar-refractivity contribution in [1.29, 1.82) is 0 Å². The number of rotatable bonds is 1. The van der Waals surface area contributed by atoms with Gasteiger partial charge in [0.05, 0.1) is 0 Å². The highest BCUT2D eigenvalue weighted by molar-refractivity contribution is 7.08. The first-order valence-electron chi connectivity index (χ1n) is 5.52. The van der Waals surface area contributed by atoms with Crippen LogP contribution in [-0.4, -0.2) is 9.97 Å². The Hall–Kier alpha value is -1.42. The number of aryl methyl sites for hydroxylation is 1. The van der Waals surface area contributed by atoms with Crippen molar-refractivity contribution in [3.8, 4) is 11.4 Å². The summed E-state index contributed by atoms with van der Waals surface area (Å²) in [5.74, 6) is 1.45. The number of anilines is 1. The molecule has 0 saturated heterocycles. The Balaban J connectivity index is 2.12. The van der Waals surface area contributed by atoms with E-state index < -0.39 is 0 Å². The molecule has 0 aliphatic heterocycles. The molecule has 0 saturated carbocycles. The van der Waals surface area contributed by atoms with Gasteiger partial charge in [0.2, 0.25) is 0 Å². The summed E-state index contributed by atoms with van der Waals surface area (Å²) >= 11 is 1.66. The van der Waals surface area contributed by atoms with Gasteiger partial charge in [-0.2, -0.15) is 11.3 Å². The van der Waals surface area contributed by atoms with Crippen LogP contribution < -0.4 is 5.73 Å². The number of thiophene rings is 1. The molecule has 0 unspecified atom stereocenters. The molecule has 0 bridgehead atoms. The molecule has 1 aliphatic carbocycles. The molecule has 0 radical (unpaired) electrons. The van der Waals surface area contributed by atoms with Crippen molar-refractivity contribution in [2.24, 2.45) is 0 Å². The second-order valence-electron chi connectivity index (χ2n) is 4.08. The fourth-order valence-electron chi connectivity index (χ4n) is 2.14. The predicted molar refractivity (Wildman–Crippen MR) is 66.4 cm³/mol. The lowest BCUT2D eigenvalue weighted by molar-refractivity contribution is 0.666. The van der Waals surface area contributed by atoms with Crippen molar-refractivity contribution in [3.05, 3.63) is 28.1 Å². The molecule has 2 N–H and O–H groups in total. The normalized spacial score (nSPS) is 14.8. The van der Waals surface area contributed by atoms with E-state index in [0.717, 1.165) is 29.9 Å². The largest absolute Gasteiger partial charge is 0.383 e. The molecule has 0 amide bonds. The molecule has 0 fully saturated rings. The maximum absolute atomic E-state index is 6.00. The van der Waals surface area contributed by atoms with Crippen molar-refractivity contribution in [2.45, 2.75) is 25.7 Å². The Bertz CT molecular complexity index is 505. The maximum atomic E-state index is 6.00. The summed E-state index contributed by atoms with van der Waals surface area (Å²) in [5.41, 5.74) is 9.40. The van der Waals surface area contributed by atoms with Crippen LogP contribution in [0.3, 0.4) is 0 Å². The molecule has 4 heteroatoms. The molecule has 0 aromatic carbocycles. The zero-order valence-electron chi connectivity index (χ0n) is 8.94. The van der Waals surface area contributed by atoms with Crippen LogP contribution in [-0.2, 0) is 12.8 Å². The summed E-state index contributed by atoms with van der Waals surface area (Å²) in [6.07, 6.45) is 4.50. The first-order valence-corrected chi connectivity index (χ1v) is 6.47. The zero-order chi connectivity index (χ0) is 11.0. The average Bonchev–Trinajstić information content (AvgIpc) is 2.82. The van der Waals surface area contributed by atoms with Gasteiger partial charge in [-0.1, -0.05) is 0 Å². The van der Waals surface area contributed by atoms with E-state index in [1.54, 1.807) is 11.3 Å². The third-order valence-electron chi connectivity index (χ3n) is 2.99. The Morgan fingerprint density at radius 3 is 2.88 bits per heavy atom. The van der Waals surface area contributed by atoms with E-state index in [4.69, 9.17) is 5.73 Å². The van der Waals surface area contributed by atoms with Gasteiger partial charge in [-0.15, -0.1) is 0 Å². The van der Waals surface area contributed by atoms with Gasteiger partial charge in [0.1, 0.15) is 5.82 Å². The number of nitrogens with two attached hydrogens (primary N) is 1. The molecule has 2 heterocycles. The molecule has 3 nitrogen and oxygen atoms in total. The van der Waals surface area contributed by atoms with Crippen LogP contribution in [0.4, 0.5) is 5.82 Å². The Morgan fingerprint density at radius 1 is 1.19 bits per heavy atom. The van der Waals surface area contributed by atoms with Crippen LogP contribution in [0, 0.1) is 0 Å². The minimum atomic E-state index is 0.672. The van der Waals surface area contributed by atoms with E-state index in [1.165, 1.54) is 18.4 Å². The Morgan fingerprint density at radius 2 is 2.06 bits per heavy atom. The quantitative estimate of drug-likeness (QED) is 0.821. The minimum Gasteiger partial charge on any atom is -0.383 e. The van der Waals surface area contributed by atoms with Crippen molar-refractivity contribution in [1.82, 2.24) is 9.97 Å². The van der Waals surface area contributed by atoms with Gasteiger partial charge in [0, 0.05) is 22.2 Å². The molecule has 2 aromatic heterocycles. The van der Waals surface area contributed by atoms with Crippen molar-refractivity contribution >= 4 is 17.2 Å². The second-order valence-corrected chi connectivity index (χ2v) is 4.86. The van der Waals surface area contributed by atoms with Crippen LogP contribution in [0.5, 0.6) is 0 Å². The van der Waals surface area contributed by atoms with Crippen LogP contribution in [0.15, 0.2) is 16.8 Å². The molecule has 0 atom stereocenters. The minimum absolute atomic E-state index is 0.672. The summed E-state index contributed by atoms with van der Waals surface area (Å²) in [6, 6.07) is 2.04. The molecule has 2 aromatic rings. The fourth-order valence-corrected chi connectivity index (χ4v) is 2.78. The smallest absolute Gasteiger partial charge is 0.162 e. The van der Waals surface area contributed by atoms with Gasteiger partial charge in [0.25, 0.3) is 0 Å². The van der Waals surface area contributed by atoms with Gasteiger partial charge < -0.3 is 5.73 Å². The number of nitrogen functional groups attached to an aromatic ring is 1. The third kappa shape index (κ3) is 1.59. The summed E-state index contributed by atoms with van der Waals surface area (Å²) in [6.45, 7) is 0. The molecule has 3 rings (SSSR count). The monoisotopic (exact) mass is 231 g/mol. The number of hydrogen-bond donors (Lipinski definition) is 1. The number of aromatic nitrogens is 2. The van der Waals surface area contributed by atoms with Gasteiger partial charge in [-0.05, 0) is 37.1 Å². The van der Waals surface area contributed by atoms with E-state index in [1.807, 2.05) is 11.4 Å². The highest BCUT2D eigenvalue weighted by atomic mass is 32.1. The van der Waals surface area contributed by atoms with Gasteiger partial charge in [-0.25, -0.2) is 9.97 Å². The first-order chi connectivity index (χ1) is 7.84. The first kappa shape index (κ1) is 9.78. The van der Waals surface area contributed by atoms with E-state index in [0.29, 0.717) is 5.82 Å². The average molecular weight is 231 g/mol. The van der Waals surface area contributed by atoms with Crippen molar-refractivity contribution < 1.29 is 0 Å². The summed E-state index contributed by atoms with van der Waals surface area (Å²) < 4.78 is 0. The van der Waals surface area contributed by atoms with Crippen LogP contribution >= 0.6 is 11.3 Å². The summed E-state index contributed by atoms with van der Waals surface area (Å²) in [5, 5.41) is 4.10. The number of hydrogen-bond acceptors (Lipinski definition) is 4. The zero-order valence-corrected chi connectivity index (χ0v) is 9.76. The van der Waals surface area contributed by atoms with Gasteiger partial charge in [-0.3, -0.25) is 0 Å². The molecule has 16 heavy (non-hydrogen) atoms. The van der Waals surface area contributed by atoms with Gasteiger partial charge >= 0.3 is 0 Å². The molecule has 82 valence electrons. The van der Waals surface area contributed by atoms with E-state index >= 15 is 0 Å². The highest BCUT2D eigenvalue weighted by Gasteiger charge is 2.16. The second kappa shape index (κ2) is 3.87. The van der Waals surface area contributed by atoms with Crippen LogP contribution in [0.2, 0.25) is 0 Å². The summed E-state index contributed by atoms with van der Waals surface area (Å²) in [7, 11) is 0. The number of nitrogens with zero attached hydrogens (tertiary/aromatic N) is 2. The Kier molecular flexibility index (Phi) is 2.36. The third-order valence-corrected chi connectivity index (χ3v) is 3.68. The fraction of sp³-hybridized carbons (Fsp3) is 0.333. The lowest BCUT2D eigenvalue weighted by Gasteiger charge is -2.16. The SMILES string of the molecule is Nc1nc(-c2ccsc2)nc2c1CCCC2. The van der Waals surface area contributed by atoms with Crippen LogP contribution in [0.1, 0.15) is 24.1 Å². The molecular weight excluding hydrogens is 218 g/mol. The standard InChI is InChI=1S/C12H13N3S/c13-11-9-3-1-2-4-10(9)14-12(15-11)8-5-6-16-7-8/h5-7H,1-4H2,(H2,13,14,15). The molecule has 1 aliphatic rings.